The van der Waals surface area contributed by atoms with E-state index in [-0.39, 0.29) is 22.9 Å². The van der Waals surface area contributed by atoms with Crippen molar-refractivity contribution in [1.82, 2.24) is 5.32 Å². The summed E-state index contributed by atoms with van der Waals surface area (Å²) >= 11 is 0. The first kappa shape index (κ1) is 21.9. The fraction of sp³-hybridized carbons (Fsp3) is 0.625. The van der Waals surface area contributed by atoms with Crippen LogP contribution in [-0.4, -0.2) is 80.9 Å². The van der Waals surface area contributed by atoms with Crippen molar-refractivity contribution >= 4 is 19.7 Å². The fourth-order valence-corrected chi connectivity index (χ4v) is 7.72. The number of benzene rings is 1. The maximum atomic E-state index is 13.1. The Balaban J connectivity index is 2.33. The zero-order valence-electron chi connectivity index (χ0n) is 15.7. The highest BCUT2D eigenvalue weighted by atomic mass is 32.2. The molecule has 0 aromatic heterocycles. The minimum Gasteiger partial charge on any atom is -0.493 e. The van der Waals surface area contributed by atoms with Gasteiger partial charge in [0, 0.05) is 32.9 Å². The van der Waals surface area contributed by atoms with E-state index >= 15 is 0 Å². The lowest BCUT2D eigenvalue weighted by Crippen LogP contribution is -2.46. The molecule has 2 rings (SSSR count). The van der Waals surface area contributed by atoms with Crippen molar-refractivity contribution in [3.05, 3.63) is 18.2 Å². The number of methoxy groups -OCH3 is 4. The Hall–Kier alpha value is -1.40. The second-order valence-corrected chi connectivity index (χ2v) is 10.4. The Labute approximate surface area is 159 Å². The van der Waals surface area contributed by atoms with E-state index in [9.17, 15) is 16.8 Å². The van der Waals surface area contributed by atoms with Gasteiger partial charge in [-0.1, -0.05) is 0 Å². The molecule has 1 saturated heterocycles. The van der Waals surface area contributed by atoms with Crippen molar-refractivity contribution in [3.8, 4) is 11.5 Å². The molecule has 1 aliphatic rings. The van der Waals surface area contributed by atoms with Crippen LogP contribution in [0.2, 0.25) is 0 Å². The van der Waals surface area contributed by atoms with Crippen LogP contribution in [0, 0.1) is 0 Å². The predicted octanol–water partition coefficient (Wildman–Crippen LogP) is -0.148. The van der Waals surface area contributed by atoms with Crippen molar-refractivity contribution in [2.45, 2.75) is 22.5 Å². The number of hydrogen-bond donors (Lipinski definition) is 1. The van der Waals surface area contributed by atoms with Crippen LogP contribution >= 0.6 is 0 Å². The summed E-state index contributed by atoms with van der Waals surface area (Å²) in [5.74, 6) is -0.0907. The summed E-state index contributed by atoms with van der Waals surface area (Å²) in [5.41, 5.74) is 0. The molecule has 1 aromatic rings. The van der Waals surface area contributed by atoms with E-state index < -0.39 is 43.0 Å². The van der Waals surface area contributed by atoms with Crippen molar-refractivity contribution in [1.29, 1.82) is 0 Å². The summed E-state index contributed by atoms with van der Waals surface area (Å²) < 4.78 is 70.9. The number of rotatable bonds is 9. The molecule has 0 bridgehead atoms. The van der Waals surface area contributed by atoms with Gasteiger partial charge in [0.2, 0.25) is 0 Å². The predicted molar refractivity (Wildman–Crippen MR) is 98.8 cm³/mol. The molecule has 1 heterocycles. The molecule has 0 aliphatic carbocycles. The quantitative estimate of drug-likeness (QED) is 0.541. The third-order valence-electron chi connectivity index (χ3n) is 4.46. The molecule has 11 heteroatoms. The van der Waals surface area contributed by atoms with Gasteiger partial charge in [-0.25, -0.2) is 16.8 Å². The van der Waals surface area contributed by atoms with E-state index in [0.717, 1.165) is 0 Å². The van der Waals surface area contributed by atoms with Crippen LogP contribution < -0.4 is 14.8 Å². The topological polar surface area (TPSA) is 117 Å². The molecule has 1 aromatic carbocycles. The third kappa shape index (κ3) is 4.91. The molecule has 2 atom stereocenters. The van der Waals surface area contributed by atoms with Gasteiger partial charge in [-0.2, -0.15) is 0 Å². The molecule has 154 valence electrons. The highest BCUT2D eigenvalue weighted by Gasteiger charge is 2.46. The van der Waals surface area contributed by atoms with E-state index in [1.165, 1.54) is 46.6 Å². The second-order valence-electron chi connectivity index (χ2n) is 6.09. The molecule has 0 amide bonds. The maximum absolute atomic E-state index is 13.1. The molecule has 9 nitrogen and oxygen atoms in total. The Kier molecular flexibility index (Phi) is 7.09. The van der Waals surface area contributed by atoms with E-state index in [1.807, 2.05) is 0 Å². The molecule has 27 heavy (non-hydrogen) atoms. The van der Waals surface area contributed by atoms with Crippen LogP contribution in [0.15, 0.2) is 23.1 Å². The first-order valence-electron chi connectivity index (χ1n) is 8.13. The molecular formula is C16H25NO8S2. The lowest BCUT2D eigenvalue weighted by molar-refractivity contribution is -0.0995. The fourth-order valence-electron chi connectivity index (χ4n) is 2.99. The van der Waals surface area contributed by atoms with Gasteiger partial charge >= 0.3 is 0 Å². The van der Waals surface area contributed by atoms with Crippen LogP contribution in [0.3, 0.4) is 0 Å². The standard InChI is InChI=1S/C16H25NO8S2/c1-22-13-6-5-11(7-14(13)23-2)27(20,21)15-10-26(18,19)9-12(15)17-8-16(24-3)25-4/h5-7,12,15-17H,8-10H2,1-4H3/t12-,15-/m0/s1. The summed E-state index contributed by atoms with van der Waals surface area (Å²) in [5, 5.41) is 1.82. The normalized spacial score (nSPS) is 22.1. The van der Waals surface area contributed by atoms with E-state index in [4.69, 9.17) is 18.9 Å². The molecule has 1 aliphatic heterocycles. The minimum absolute atomic E-state index is 0.0240. The van der Waals surface area contributed by atoms with Gasteiger partial charge in [0.25, 0.3) is 0 Å². The van der Waals surface area contributed by atoms with Crippen molar-refractivity contribution in [3.63, 3.8) is 0 Å². The van der Waals surface area contributed by atoms with Gasteiger partial charge in [0.05, 0.1) is 35.9 Å². The first-order valence-corrected chi connectivity index (χ1v) is 11.5. The Morgan fingerprint density at radius 3 is 2.26 bits per heavy atom. The highest BCUT2D eigenvalue weighted by Crippen LogP contribution is 2.33. The monoisotopic (exact) mass is 423 g/mol. The summed E-state index contributed by atoms with van der Waals surface area (Å²) in [7, 11) is -1.72. The Morgan fingerprint density at radius 1 is 1.07 bits per heavy atom. The zero-order valence-corrected chi connectivity index (χ0v) is 17.3. The van der Waals surface area contributed by atoms with Crippen molar-refractivity contribution in [2.24, 2.45) is 0 Å². The zero-order chi connectivity index (χ0) is 20.2. The van der Waals surface area contributed by atoms with Gasteiger partial charge in [0.15, 0.2) is 37.5 Å². The van der Waals surface area contributed by atoms with Gasteiger partial charge in [-0.15, -0.1) is 0 Å². The smallest absolute Gasteiger partial charge is 0.183 e. The van der Waals surface area contributed by atoms with E-state index in [2.05, 4.69) is 5.32 Å². The molecule has 0 unspecified atom stereocenters. The summed E-state index contributed by atoms with van der Waals surface area (Å²) in [6.07, 6.45) is -0.613. The maximum Gasteiger partial charge on any atom is 0.183 e. The minimum atomic E-state index is -3.94. The molecule has 1 fully saturated rings. The van der Waals surface area contributed by atoms with Gasteiger partial charge < -0.3 is 24.3 Å². The first-order chi connectivity index (χ1) is 12.7. The lowest BCUT2D eigenvalue weighted by Gasteiger charge is -2.22. The Bertz CT molecular complexity index is 849. The van der Waals surface area contributed by atoms with Gasteiger partial charge in [0.1, 0.15) is 0 Å². The molecule has 0 spiro atoms. The van der Waals surface area contributed by atoms with Crippen LogP contribution in [0.5, 0.6) is 11.5 Å². The molecule has 1 N–H and O–H groups in total. The van der Waals surface area contributed by atoms with Crippen LogP contribution in [0.1, 0.15) is 0 Å². The molecule has 0 radical (unpaired) electrons. The molecule has 0 saturated carbocycles. The van der Waals surface area contributed by atoms with E-state index in [1.54, 1.807) is 0 Å². The van der Waals surface area contributed by atoms with Crippen molar-refractivity contribution < 1.29 is 35.8 Å². The average Bonchev–Trinajstić information content (AvgIpc) is 2.97. The largest absolute Gasteiger partial charge is 0.493 e. The average molecular weight is 424 g/mol. The van der Waals surface area contributed by atoms with Crippen molar-refractivity contribution in [2.75, 3.05) is 46.5 Å². The van der Waals surface area contributed by atoms with Gasteiger partial charge in [-0.05, 0) is 12.1 Å². The number of hydrogen-bond acceptors (Lipinski definition) is 9. The summed E-state index contributed by atoms with van der Waals surface area (Å²) in [6.45, 7) is 0.158. The van der Waals surface area contributed by atoms with Crippen LogP contribution in [0.25, 0.3) is 0 Å². The summed E-state index contributed by atoms with van der Waals surface area (Å²) in [6, 6.07) is 3.42. The number of nitrogens with one attached hydrogen (secondary N) is 1. The summed E-state index contributed by atoms with van der Waals surface area (Å²) in [4.78, 5) is -0.0240. The SMILES string of the molecule is COc1ccc(S(=O)(=O)[C@H]2CS(=O)(=O)C[C@@H]2NCC(OC)OC)cc1OC. The van der Waals surface area contributed by atoms with Crippen LogP contribution in [0.4, 0.5) is 0 Å². The second kappa shape index (κ2) is 8.74. The molecular weight excluding hydrogens is 398 g/mol. The number of sulfone groups is 2. The third-order valence-corrected chi connectivity index (χ3v) is 8.60. The number of ether oxygens (including phenoxy) is 4. The lowest BCUT2D eigenvalue weighted by atomic mass is 10.2. The Morgan fingerprint density at radius 2 is 1.70 bits per heavy atom. The highest BCUT2D eigenvalue weighted by molar-refractivity contribution is 7.96. The van der Waals surface area contributed by atoms with Crippen LogP contribution in [-0.2, 0) is 29.1 Å². The van der Waals surface area contributed by atoms with Gasteiger partial charge in [-0.3, -0.25) is 0 Å². The van der Waals surface area contributed by atoms with E-state index in [0.29, 0.717) is 5.75 Å².